The Bertz CT molecular complexity index is 119. The molecule has 0 heterocycles. The first-order chi connectivity index (χ1) is 8.49. The molecule has 0 atom stereocenters. The molecule has 0 aromatic heterocycles. The van der Waals surface area contributed by atoms with E-state index in [4.69, 9.17) is 47.8 Å². The van der Waals surface area contributed by atoms with Gasteiger partial charge >= 0.3 is 190 Å². The molecule has 0 radical (unpaired) electrons. The molecule has 0 saturated heterocycles. The van der Waals surface area contributed by atoms with E-state index in [0.29, 0.717) is 0 Å². The van der Waals surface area contributed by atoms with Gasteiger partial charge in [-0.1, -0.05) is 0 Å². The Kier molecular flexibility index (Phi) is 300. The summed E-state index contributed by atoms with van der Waals surface area (Å²) >= 11 is -9.00. The molecule has 0 saturated carbocycles. The summed E-state index contributed by atoms with van der Waals surface area (Å²) in [5.41, 5.74) is 0. The van der Waals surface area contributed by atoms with E-state index >= 15 is 0 Å². The van der Waals surface area contributed by atoms with Crippen LogP contribution in [0, 0.1) is 0 Å². The predicted molar refractivity (Wildman–Crippen MR) is 60.5 cm³/mol. The zero-order chi connectivity index (χ0) is 16.2. The second-order valence-electron chi connectivity index (χ2n) is 0.632. The first kappa shape index (κ1) is 49.5. The fourth-order valence-electron chi connectivity index (χ4n) is 0. The van der Waals surface area contributed by atoms with Crippen molar-refractivity contribution in [2.24, 2.45) is 0 Å². The van der Waals surface area contributed by atoms with Gasteiger partial charge < -0.3 is 0 Å². The van der Waals surface area contributed by atoms with Crippen molar-refractivity contribution in [2.75, 3.05) is 0 Å². The fourth-order valence-corrected chi connectivity index (χ4v) is 0. The minimum absolute atomic E-state index is 0. The second kappa shape index (κ2) is 121. The van der Waals surface area contributed by atoms with Gasteiger partial charge in [-0.2, -0.15) is 0 Å². The van der Waals surface area contributed by atoms with Gasteiger partial charge in [-0.25, -0.2) is 0 Å². The first-order valence-electron chi connectivity index (χ1n) is 2.96. The van der Waals surface area contributed by atoms with Crippen LogP contribution < -0.4 is 0 Å². The van der Waals surface area contributed by atoms with Crippen molar-refractivity contribution in [3.05, 3.63) is 0 Å². The number of rotatable bonds is 0. The summed E-state index contributed by atoms with van der Waals surface area (Å²) in [7, 11) is 0. The van der Waals surface area contributed by atoms with Crippen molar-refractivity contribution in [1.82, 2.24) is 0 Å². The van der Waals surface area contributed by atoms with E-state index < -0.39 is 92.9 Å². The van der Waals surface area contributed by atoms with Gasteiger partial charge in [-0.15, -0.1) is 0 Å². The monoisotopic (exact) mass is 558 g/mol. The third-order valence-electron chi connectivity index (χ3n) is 0. The molecule has 0 bridgehead atoms. The van der Waals surface area contributed by atoms with E-state index in [1.165, 1.54) is 0 Å². The molecule has 12 nitrogen and oxygen atoms in total. The second-order valence-corrected chi connectivity index (χ2v) is 1.90. The van der Waals surface area contributed by atoms with Crippen LogP contribution in [0.5, 0.6) is 0 Å². The number of hydrogen-bond acceptors (Lipinski definition) is 6. The van der Waals surface area contributed by atoms with E-state index in [1.54, 1.807) is 0 Å². The normalized spacial score (nSPS) is 2.40. The maximum absolute atomic E-state index is 8.57. The van der Waals surface area contributed by atoms with Crippen LogP contribution in [0.2, 0.25) is 0 Å². The van der Waals surface area contributed by atoms with Gasteiger partial charge in [0.15, 0.2) is 0 Å². The molecule has 20 heteroatoms. The quantitative estimate of drug-likeness (QED) is 0.153. The summed E-state index contributed by atoms with van der Waals surface area (Å²) in [5, 5.41) is 0. The number of hydrogen-bond donors (Lipinski definition) is 6. The minimum atomic E-state index is -1.50. The van der Waals surface area contributed by atoms with Crippen LogP contribution in [0.4, 0.5) is 0 Å². The van der Waals surface area contributed by atoms with Gasteiger partial charge in [0.1, 0.15) is 0 Å². The SMILES string of the molecule is [BaH2].[Ni].[O]=[Al][OH].[O]=[Al][OH].[O]=[Al][OH].[O]=[Al][OH].[O]=[Al][OH].[O]=[Al][OH]. The molecule has 0 aliphatic heterocycles. The van der Waals surface area contributed by atoms with Crippen molar-refractivity contribution >= 4 is 142 Å². The van der Waals surface area contributed by atoms with Crippen molar-refractivity contribution in [3.63, 3.8) is 0 Å². The third kappa shape index (κ3) is 1010. The Balaban J connectivity index is -0.0000000141. The average molecular weight is 558 g/mol. The van der Waals surface area contributed by atoms with Crippen LogP contribution in [0.25, 0.3) is 0 Å². The topological polar surface area (TPSA) is 224 Å². The molecule has 20 heavy (non-hydrogen) atoms. The zero-order valence-corrected chi connectivity index (χ0v) is 16.8. The van der Waals surface area contributed by atoms with Crippen LogP contribution >= 0.6 is 0 Å². The summed E-state index contributed by atoms with van der Waals surface area (Å²) in [5.74, 6) is 0. The maximum atomic E-state index is 8.57. The molecule has 0 aromatic carbocycles. The molecule has 110 valence electrons. The van der Waals surface area contributed by atoms with Crippen LogP contribution in [0.3, 0.4) is 0 Å². The first-order valence-corrected chi connectivity index (χ1v) is 8.89. The zero-order valence-electron chi connectivity index (χ0n) is 8.91. The summed E-state index contributed by atoms with van der Waals surface area (Å²) < 4.78 is 94.0. The van der Waals surface area contributed by atoms with Crippen LogP contribution in [-0.2, 0) is 39.3 Å². The average Bonchev–Trinajstić information content (AvgIpc) is 2.23. The van der Waals surface area contributed by atoms with Crippen molar-refractivity contribution < 1.29 is 64.3 Å². The van der Waals surface area contributed by atoms with Crippen molar-refractivity contribution in [2.45, 2.75) is 0 Å². The van der Waals surface area contributed by atoms with Crippen LogP contribution in [0.15, 0.2) is 0 Å². The molecule has 0 aliphatic carbocycles. The van der Waals surface area contributed by atoms with Gasteiger partial charge in [0.2, 0.25) is 0 Å². The van der Waals surface area contributed by atoms with E-state index in [1.807, 2.05) is 0 Å². The standard InChI is InChI=1S/6Al.Ba.Ni.6H2O.6O.2H/h;;;;;;;;6*1H2;;;;;;;;/q6*+1;;;;;;;;;;;;;;;;/p-6. The summed E-state index contributed by atoms with van der Waals surface area (Å²) in [6.45, 7) is 0. The predicted octanol–water partition coefficient (Wildman–Crippen LogP) is -7.26. The summed E-state index contributed by atoms with van der Waals surface area (Å²) in [6, 6.07) is 0. The Hall–Kier alpha value is 2.86. The molecule has 0 unspecified atom stereocenters. The fraction of sp³-hybridized carbons (Fsp3) is 0. The Morgan fingerprint density at radius 2 is 0.400 bits per heavy atom. The van der Waals surface area contributed by atoms with E-state index in [0.717, 1.165) is 0 Å². The molecule has 6 N–H and O–H groups in total. The van der Waals surface area contributed by atoms with Crippen molar-refractivity contribution in [3.8, 4) is 0 Å². The van der Waals surface area contributed by atoms with Gasteiger partial charge in [-0.3, -0.25) is 0 Å². The molecular formula is H8Al6BaNiO12. The van der Waals surface area contributed by atoms with Gasteiger partial charge in [0.25, 0.3) is 0 Å². The van der Waals surface area contributed by atoms with Crippen molar-refractivity contribution in [1.29, 1.82) is 0 Å². The molecule has 0 fully saturated rings. The van der Waals surface area contributed by atoms with E-state index in [-0.39, 0.29) is 65.4 Å². The van der Waals surface area contributed by atoms with Crippen LogP contribution in [0.1, 0.15) is 0 Å². The van der Waals surface area contributed by atoms with E-state index in [2.05, 4.69) is 0 Å². The third-order valence-corrected chi connectivity index (χ3v) is 0. The van der Waals surface area contributed by atoms with Gasteiger partial charge in [0, 0.05) is 16.5 Å². The molecule has 0 spiro atoms. The Morgan fingerprint density at radius 1 is 0.400 bits per heavy atom. The Labute approximate surface area is 202 Å². The Morgan fingerprint density at radius 3 is 0.400 bits per heavy atom. The van der Waals surface area contributed by atoms with Gasteiger partial charge in [-0.05, 0) is 0 Å². The van der Waals surface area contributed by atoms with E-state index in [9.17, 15) is 0 Å². The molecule has 0 amide bonds. The summed E-state index contributed by atoms with van der Waals surface area (Å²) in [6.07, 6.45) is 0. The summed E-state index contributed by atoms with van der Waals surface area (Å²) in [4.78, 5) is 0. The van der Waals surface area contributed by atoms with Gasteiger partial charge in [0.05, 0.1) is 0 Å². The molecule has 0 aromatic rings. The van der Waals surface area contributed by atoms with Crippen LogP contribution in [-0.4, -0.2) is 167 Å². The molecule has 0 aliphatic rings. The molecule has 0 rings (SSSR count). The molecular weight excluding hydrogens is 550 g/mol.